The zero-order valence-electron chi connectivity index (χ0n) is 17.4. The molecule has 9 nitrogen and oxygen atoms in total. The molecule has 0 spiro atoms. The third-order valence-electron chi connectivity index (χ3n) is 5.39. The Hall–Kier alpha value is -3.36. The Morgan fingerprint density at radius 1 is 1.17 bits per heavy atom. The number of nitro groups is 1. The Labute approximate surface area is 175 Å². The molecule has 1 aliphatic heterocycles. The van der Waals surface area contributed by atoms with Crippen LogP contribution >= 0.6 is 0 Å². The minimum absolute atomic E-state index is 0.0377. The molecule has 1 aliphatic rings. The molecular weight excluding hydrogens is 382 g/mol. The summed E-state index contributed by atoms with van der Waals surface area (Å²) < 4.78 is 1.99. The first-order valence-electron chi connectivity index (χ1n) is 10.1. The maximum absolute atomic E-state index is 11.1. The van der Waals surface area contributed by atoms with E-state index in [1.807, 2.05) is 31.5 Å². The monoisotopic (exact) mass is 407 g/mol. The van der Waals surface area contributed by atoms with Crippen molar-refractivity contribution in [2.75, 3.05) is 18.0 Å². The van der Waals surface area contributed by atoms with Gasteiger partial charge in [-0.2, -0.15) is 5.10 Å². The number of aromatic nitrogens is 5. The van der Waals surface area contributed by atoms with Gasteiger partial charge in [-0.15, -0.1) is 0 Å². The fourth-order valence-electron chi connectivity index (χ4n) is 4.00. The highest BCUT2D eigenvalue weighted by molar-refractivity contribution is 5.61. The minimum Gasteiger partial charge on any atom is -0.356 e. The third-order valence-corrected chi connectivity index (χ3v) is 5.39. The predicted octanol–water partition coefficient (Wildman–Crippen LogP) is 3.49. The molecule has 0 aliphatic carbocycles. The molecule has 2 aromatic heterocycles. The number of hydrogen-bond donors (Lipinski definition) is 0. The van der Waals surface area contributed by atoms with Crippen molar-refractivity contribution in [3.8, 4) is 11.4 Å². The summed E-state index contributed by atoms with van der Waals surface area (Å²) in [6.45, 7) is 8.47. The first-order valence-corrected chi connectivity index (χ1v) is 10.1. The van der Waals surface area contributed by atoms with Gasteiger partial charge in [0.15, 0.2) is 5.82 Å². The van der Waals surface area contributed by atoms with Gasteiger partial charge in [-0.3, -0.25) is 10.1 Å². The normalized spacial score (nSPS) is 16.6. The molecule has 0 amide bonds. The largest absolute Gasteiger partial charge is 0.356 e. The van der Waals surface area contributed by atoms with Gasteiger partial charge in [0.2, 0.25) is 0 Å². The highest BCUT2D eigenvalue weighted by Crippen LogP contribution is 2.27. The van der Waals surface area contributed by atoms with Crippen LogP contribution < -0.4 is 4.90 Å². The van der Waals surface area contributed by atoms with Gasteiger partial charge in [0, 0.05) is 49.1 Å². The van der Waals surface area contributed by atoms with E-state index in [-0.39, 0.29) is 5.69 Å². The van der Waals surface area contributed by atoms with Crippen LogP contribution in [0.4, 0.5) is 11.5 Å². The fraction of sp³-hybridized carbons (Fsp3) is 0.429. The van der Waals surface area contributed by atoms with Crippen LogP contribution in [0.5, 0.6) is 0 Å². The summed E-state index contributed by atoms with van der Waals surface area (Å²) in [7, 11) is 0. The standard InChI is InChI=1S/C21H25N7O2/c1-14-10-20(24-21(22-14)18-7-4-8-19(11-18)28(29)30)26-9-5-6-17(12-26)13-27-16(3)23-15(2)25-27/h4,7-8,10-11,17H,5-6,9,12-13H2,1-3H3. The molecule has 1 atom stereocenters. The molecular formula is C21H25N7O2. The van der Waals surface area contributed by atoms with E-state index in [2.05, 4.69) is 20.0 Å². The Morgan fingerprint density at radius 2 is 2.00 bits per heavy atom. The van der Waals surface area contributed by atoms with Gasteiger partial charge in [-0.05, 0) is 39.5 Å². The molecule has 3 aromatic rings. The predicted molar refractivity (Wildman–Crippen MR) is 113 cm³/mol. The highest BCUT2D eigenvalue weighted by Gasteiger charge is 2.23. The molecule has 0 radical (unpaired) electrons. The lowest BCUT2D eigenvalue weighted by molar-refractivity contribution is -0.384. The van der Waals surface area contributed by atoms with Crippen LogP contribution in [-0.2, 0) is 6.54 Å². The molecule has 1 saturated heterocycles. The van der Waals surface area contributed by atoms with Crippen LogP contribution in [0.15, 0.2) is 30.3 Å². The van der Waals surface area contributed by atoms with E-state index in [0.717, 1.165) is 55.6 Å². The molecule has 1 unspecified atom stereocenters. The fourth-order valence-corrected chi connectivity index (χ4v) is 4.00. The molecule has 1 fully saturated rings. The van der Waals surface area contributed by atoms with Crippen molar-refractivity contribution in [1.29, 1.82) is 0 Å². The number of piperidine rings is 1. The van der Waals surface area contributed by atoms with Gasteiger partial charge in [0.25, 0.3) is 5.69 Å². The van der Waals surface area contributed by atoms with Crippen molar-refractivity contribution in [3.63, 3.8) is 0 Å². The Bertz CT molecular complexity index is 1080. The molecule has 4 rings (SSSR count). The quantitative estimate of drug-likeness (QED) is 0.471. The lowest BCUT2D eigenvalue weighted by Gasteiger charge is -2.34. The summed E-state index contributed by atoms with van der Waals surface area (Å²) >= 11 is 0. The maximum atomic E-state index is 11.1. The second-order valence-electron chi connectivity index (χ2n) is 7.84. The second kappa shape index (κ2) is 8.17. The summed E-state index contributed by atoms with van der Waals surface area (Å²) in [5.74, 6) is 3.57. The zero-order valence-corrected chi connectivity index (χ0v) is 17.4. The van der Waals surface area contributed by atoms with E-state index in [4.69, 9.17) is 4.98 Å². The Kier molecular flexibility index (Phi) is 5.43. The van der Waals surface area contributed by atoms with Crippen molar-refractivity contribution in [3.05, 3.63) is 57.8 Å². The highest BCUT2D eigenvalue weighted by atomic mass is 16.6. The van der Waals surface area contributed by atoms with Crippen LogP contribution in [-0.4, -0.2) is 42.7 Å². The number of nitrogens with zero attached hydrogens (tertiary/aromatic N) is 7. The molecule has 0 N–H and O–H groups in total. The number of nitro benzene ring substituents is 1. The van der Waals surface area contributed by atoms with Crippen LogP contribution in [0.25, 0.3) is 11.4 Å². The average molecular weight is 407 g/mol. The SMILES string of the molecule is Cc1cc(N2CCCC(Cn3nc(C)nc3C)C2)nc(-c2cccc([N+](=O)[O-])c2)n1. The van der Waals surface area contributed by atoms with Crippen LogP contribution in [0.1, 0.15) is 30.2 Å². The number of aryl methyl sites for hydroxylation is 3. The molecule has 1 aromatic carbocycles. The molecule has 3 heterocycles. The topological polar surface area (TPSA) is 103 Å². The summed E-state index contributed by atoms with van der Waals surface area (Å²) in [6.07, 6.45) is 2.21. The van der Waals surface area contributed by atoms with Crippen LogP contribution in [0.3, 0.4) is 0 Å². The van der Waals surface area contributed by atoms with Crippen molar-refractivity contribution in [2.45, 2.75) is 40.2 Å². The summed E-state index contributed by atoms with van der Waals surface area (Å²) in [5.41, 5.74) is 1.53. The van der Waals surface area contributed by atoms with Gasteiger partial charge < -0.3 is 4.90 Å². The average Bonchev–Trinajstić information content (AvgIpc) is 3.04. The molecule has 0 saturated carbocycles. The van der Waals surface area contributed by atoms with Gasteiger partial charge in [0.1, 0.15) is 17.5 Å². The van der Waals surface area contributed by atoms with Crippen LogP contribution in [0, 0.1) is 36.8 Å². The third kappa shape index (κ3) is 4.29. The first kappa shape index (κ1) is 19.9. The van der Waals surface area contributed by atoms with Gasteiger partial charge >= 0.3 is 0 Å². The van der Waals surface area contributed by atoms with E-state index in [1.165, 1.54) is 12.1 Å². The number of hydrogen-bond acceptors (Lipinski definition) is 7. The first-order chi connectivity index (χ1) is 14.4. The van der Waals surface area contributed by atoms with Crippen molar-refractivity contribution in [2.24, 2.45) is 5.92 Å². The minimum atomic E-state index is -0.400. The number of rotatable bonds is 5. The molecule has 0 bridgehead atoms. The van der Waals surface area contributed by atoms with Crippen LogP contribution in [0.2, 0.25) is 0 Å². The number of non-ortho nitro benzene ring substituents is 1. The van der Waals surface area contributed by atoms with E-state index >= 15 is 0 Å². The van der Waals surface area contributed by atoms with E-state index < -0.39 is 4.92 Å². The lowest BCUT2D eigenvalue weighted by atomic mass is 9.98. The van der Waals surface area contributed by atoms with Gasteiger partial charge in [-0.25, -0.2) is 19.6 Å². The van der Waals surface area contributed by atoms with E-state index in [1.54, 1.807) is 12.1 Å². The molecule has 30 heavy (non-hydrogen) atoms. The van der Waals surface area contributed by atoms with E-state index in [9.17, 15) is 10.1 Å². The van der Waals surface area contributed by atoms with Crippen molar-refractivity contribution in [1.82, 2.24) is 24.7 Å². The van der Waals surface area contributed by atoms with Crippen molar-refractivity contribution >= 4 is 11.5 Å². The summed E-state index contributed by atoms with van der Waals surface area (Å²) in [4.78, 5) is 26.7. The lowest BCUT2D eigenvalue weighted by Crippen LogP contribution is -2.38. The number of anilines is 1. The van der Waals surface area contributed by atoms with Crippen molar-refractivity contribution < 1.29 is 4.92 Å². The van der Waals surface area contributed by atoms with Gasteiger partial charge in [0.05, 0.1) is 4.92 Å². The smallest absolute Gasteiger partial charge is 0.270 e. The Balaban J connectivity index is 1.57. The Morgan fingerprint density at radius 3 is 2.73 bits per heavy atom. The summed E-state index contributed by atoms with van der Waals surface area (Å²) in [6, 6.07) is 8.45. The zero-order chi connectivity index (χ0) is 21.3. The molecule has 156 valence electrons. The van der Waals surface area contributed by atoms with E-state index in [0.29, 0.717) is 17.3 Å². The van der Waals surface area contributed by atoms with Gasteiger partial charge in [-0.1, -0.05) is 12.1 Å². The maximum Gasteiger partial charge on any atom is 0.270 e. The summed E-state index contributed by atoms with van der Waals surface area (Å²) in [5, 5.41) is 15.6. The molecule has 9 heteroatoms. The number of benzene rings is 1. The second-order valence-corrected chi connectivity index (χ2v) is 7.84.